The van der Waals surface area contributed by atoms with Gasteiger partial charge in [0.15, 0.2) is 0 Å². The van der Waals surface area contributed by atoms with Crippen LogP contribution in [0.5, 0.6) is 0 Å². The number of unbranched alkanes of at least 4 members (excludes halogenated alkanes) is 10. The molecule has 206 valence electrons. The third-order valence-electron chi connectivity index (χ3n) is 6.00. The lowest BCUT2D eigenvalue weighted by molar-refractivity contribution is 0.0917. The maximum Gasteiger partial charge on any atom is 0.412 e. The van der Waals surface area contributed by atoms with Gasteiger partial charge in [0.1, 0.15) is 13.5 Å². The van der Waals surface area contributed by atoms with Crippen molar-refractivity contribution < 1.29 is 19.1 Å². The van der Waals surface area contributed by atoms with E-state index in [1.54, 1.807) is 24.3 Å². The van der Waals surface area contributed by atoms with Crippen LogP contribution in [0.25, 0.3) is 0 Å². The number of anilines is 2. The van der Waals surface area contributed by atoms with E-state index in [4.69, 9.17) is 9.47 Å². The van der Waals surface area contributed by atoms with Gasteiger partial charge in [0, 0.05) is 24.5 Å². The normalized spacial score (nSPS) is 11.1. The predicted molar refractivity (Wildman–Crippen MR) is 148 cm³/mol. The zero-order chi connectivity index (χ0) is 26.4. The Balaban J connectivity index is 2.18. The number of ether oxygens (including phenoxy) is 2. The van der Waals surface area contributed by atoms with Crippen LogP contribution < -0.4 is 10.6 Å². The van der Waals surface area contributed by atoms with E-state index in [2.05, 4.69) is 24.5 Å². The molecule has 0 aromatic heterocycles. The van der Waals surface area contributed by atoms with Crippen LogP contribution in [0.1, 0.15) is 90.9 Å². The number of carbonyl (C=O) groups excluding carboxylic acids is 2. The fourth-order valence-corrected chi connectivity index (χ4v) is 3.74. The lowest BCUT2D eigenvalue weighted by atomic mass is 10.1. The van der Waals surface area contributed by atoms with Crippen molar-refractivity contribution in [2.75, 3.05) is 51.3 Å². The third kappa shape index (κ3) is 17.2. The third-order valence-corrected chi connectivity index (χ3v) is 6.00. The molecule has 8 nitrogen and oxygen atoms in total. The molecule has 0 saturated carbocycles. The molecule has 0 saturated heterocycles. The van der Waals surface area contributed by atoms with Crippen molar-refractivity contribution >= 4 is 23.6 Å². The van der Waals surface area contributed by atoms with Crippen LogP contribution in [0.3, 0.4) is 0 Å². The standard InChI is InChI=1S/C28H50N4O4/c1-5-7-9-11-13-15-21-31(3)23-35-27(33)29-25-17-19-26(20-18-25)30-28(34)36-24-32(4)22-16-14-12-10-8-6-2/h17-20H,5-16,21-24H2,1-4H3,(H,29,33)(H,30,34). The Morgan fingerprint density at radius 3 is 1.31 bits per heavy atom. The Bertz CT molecular complexity index is 640. The first-order chi connectivity index (χ1) is 17.4. The van der Waals surface area contributed by atoms with Crippen molar-refractivity contribution in [1.29, 1.82) is 0 Å². The highest BCUT2D eigenvalue weighted by atomic mass is 16.6. The maximum atomic E-state index is 12.1. The summed E-state index contributed by atoms with van der Waals surface area (Å²) in [7, 11) is 3.90. The molecule has 0 spiro atoms. The minimum atomic E-state index is -0.502. The van der Waals surface area contributed by atoms with Gasteiger partial charge in [-0.25, -0.2) is 9.59 Å². The molecule has 36 heavy (non-hydrogen) atoms. The largest absolute Gasteiger partial charge is 0.433 e. The average Bonchev–Trinajstić information content (AvgIpc) is 2.87. The number of carbonyl (C=O) groups is 2. The van der Waals surface area contributed by atoms with Crippen LogP contribution in [0, 0.1) is 0 Å². The zero-order valence-corrected chi connectivity index (χ0v) is 23.2. The van der Waals surface area contributed by atoms with Crippen LogP contribution in [0.15, 0.2) is 24.3 Å². The Morgan fingerprint density at radius 2 is 0.944 bits per heavy atom. The summed E-state index contributed by atoms with van der Waals surface area (Å²) in [5.74, 6) is 0. The molecule has 0 fully saturated rings. The van der Waals surface area contributed by atoms with Crippen molar-refractivity contribution in [2.45, 2.75) is 90.9 Å². The predicted octanol–water partition coefficient (Wildman–Crippen LogP) is 7.28. The number of hydrogen-bond acceptors (Lipinski definition) is 6. The summed E-state index contributed by atoms with van der Waals surface area (Å²) in [6.45, 7) is 6.75. The minimum absolute atomic E-state index is 0.250. The topological polar surface area (TPSA) is 83.1 Å². The number of rotatable bonds is 20. The fourth-order valence-electron chi connectivity index (χ4n) is 3.74. The molecule has 1 aromatic rings. The molecule has 0 unspecified atom stereocenters. The highest BCUT2D eigenvalue weighted by molar-refractivity contribution is 5.87. The quantitative estimate of drug-likeness (QED) is 0.143. The number of nitrogens with zero attached hydrogens (tertiary/aromatic N) is 2. The van der Waals surface area contributed by atoms with E-state index in [9.17, 15) is 9.59 Å². The van der Waals surface area contributed by atoms with E-state index in [1.807, 2.05) is 23.9 Å². The van der Waals surface area contributed by atoms with Gasteiger partial charge < -0.3 is 9.47 Å². The summed E-state index contributed by atoms with van der Waals surface area (Å²) in [5.41, 5.74) is 1.19. The highest BCUT2D eigenvalue weighted by Crippen LogP contribution is 2.14. The minimum Gasteiger partial charge on any atom is -0.433 e. The van der Waals surface area contributed by atoms with Crippen LogP contribution in [-0.4, -0.2) is 62.6 Å². The molecule has 2 amide bonds. The van der Waals surface area contributed by atoms with Crippen molar-refractivity contribution in [1.82, 2.24) is 9.80 Å². The Hall–Kier alpha value is -2.32. The second-order valence-corrected chi connectivity index (χ2v) is 9.64. The molecule has 0 aliphatic heterocycles. The van der Waals surface area contributed by atoms with Gasteiger partial charge >= 0.3 is 12.2 Å². The van der Waals surface area contributed by atoms with Gasteiger partial charge in [-0.3, -0.25) is 20.4 Å². The Kier molecular flexibility index (Phi) is 18.3. The molecule has 0 bridgehead atoms. The first-order valence-corrected chi connectivity index (χ1v) is 13.8. The fraction of sp³-hybridized carbons (Fsp3) is 0.714. The summed E-state index contributed by atoms with van der Waals surface area (Å²) in [6.07, 6.45) is 13.9. The molecule has 2 N–H and O–H groups in total. The van der Waals surface area contributed by atoms with E-state index in [0.717, 1.165) is 25.9 Å². The number of hydrogen-bond donors (Lipinski definition) is 2. The first-order valence-electron chi connectivity index (χ1n) is 13.8. The van der Waals surface area contributed by atoms with Crippen molar-refractivity contribution in [3.8, 4) is 0 Å². The average molecular weight is 507 g/mol. The van der Waals surface area contributed by atoms with E-state index >= 15 is 0 Å². The molecule has 8 heteroatoms. The van der Waals surface area contributed by atoms with Gasteiger partial charge in [0.25, 0.3) is 0 Å². The van der Waals surface area contributed by atoms with Gasteiger partial charge in [-0.05, 0) is 51.2 Å². The Morgan fingerprint density at radius 1 is 0.611 bits per heavy atom. The second kappa shape index (κ2) is 20.8. The zero-order valence-electron chi connectivity index (χ0n) is 23.2. The van der Waals surface area contributed by atoms with Crippen molar-refractivity contribution in [3.05, 3.63) is 24.3 Å². The first kappa shape index (κ1) is 31.7. The lowest BCUT2D eigenvalue weighted by Gasteiger charge is -2.17. The maximum absolute atomic E-state index is 12.1. The second-order valence-electron chi connectivity index (χ2n) is 9.64. The number of amides is 2. The van der Waals surface area contributed by atoms with Gasteiger partial charge in [0.05, 0.1) is 0 Å². The van der Waals surface area contributed by atoms with Gasteiger partial charge in [0.2, 0.25) is 0 Å². The van der Waals surface area contributed by atoms with Gasteiger partial charge in [-0.2, -0.15) is 0 Å². The molecule has 1 aromatic carbocycles. The van der Waals surface area contributed by atoms with E-state index in [1.165, 1.54) is 64.2 Å². The van der Waals surface area contributed by atoms with Crippen LogP contribution in [0.4, 0.5) is 21.0 Å². The SMILES string of the molecule is CCCCCCCCN(C)COC(=O)Nc1ccc(NC(=O)OCN(C)CCCCCCCC)cc1. The molecule has 0 heterocycles. The molecule has 0 aliphatic carbocycles. The summed E-state index contributed by atoms with van der Waals surface area (Å²) in [6, 6.07) is 6.84. The summed E-state index contributed by atoms with van der Waals surface area (Å²) in [4.78, 5) is 28.1. The van der Waals surface area contributed by atoms with Crippen LogP contribution >= 0.6 is 0 Å². The molecule has 0 atom stereocenters. The molecule has 0 aliphatic rings. The van der Waals surface area contributed by atoms with Crippen molar-refractivity contribution in [3.63, 3.8) is 0 Å². The molecule has 1 rings (SSSR count). The van der Waals surface area contributed by atoms with Gasteiger partial charge in [-0.1, -0.05) is 78.1 Å². The van der Waals surface area contributed by atoms with Crippen molar-refractivity contribution in [2.24, 2.45) is 0 Å². The summed E-state index contributed by atoms with van der Waals surface area (Å²) in [5, 5.41) is 5.41. The monoisotopic (exact) mass is 506 g/mol. The van der Waals surface area contributed by atoms with Crippen LogP contribution in [-0.2, 0) is 9.47 Å². The molecular weight excluding hydrogens is 456 g/mol. The van der Waals surface area contributed by atoms with E-state index < -0.39 is 12.2 Å². The van der Waals surface area contributed by atoms with Crippen LogP contribution in [0.2, 0.25) is 0 Å². The summed E-state index contributed by atoms with van der Waals surface area (Å²) < 4.78 is 10.6. The van der Waals surface area contributed by atoms with Gasteiger partial charge in [-0.15, -0.1) is 0 Å². The number of benzene rings is 1. The lowest BCUT2D eigenvalue weighted by Crippen LogP contribution is -2.27. The highest BCUT2D eigenvalue weighted by Gasteiger charge is 2.08. The molecular formula is C28H50N4O4. The summed E-state index contributed by atoms with van der Waals surface area (Å²) >= 11 is 0. The molecule has 0 radical (unpaired) electrons. The Labute approximate surface area is 219 Å². The van der Waals surface area contributed by atoms with E-state index in [-0.39, 0.29) is 13.5 Å². The smallest absolute Gasteiger partial charge is 0.412 e. The van der Waals surface area contributed by atoms with E-state index in [0.29, 0.717) is 11.4 Å². The number of nitrogens with one attached hydrogen (secondary N) is 2.